The Morgan fingerprint density at radius 2 is 2.05 bits per heavy atom. The van der Waals surface area contributed by atoms with Crippen molar-refractivity contribution in [2.75, 3.05) is 42.7 Å². The fraction of sp³-hybridized carbons (Fsp3) is 0.464. The van der Waals surface area contributed by atoms with Crippen LogP contribution in [0.4, 0.5) is 11.5 Å². The molecule has 3 saturated heterocycles. The van der Waals surface area contributed by atoms with Gasteiger partial charge < -0.3 is 33.5 Å². The molecule has 7 rings (SSSR count). The first-order valence-corrected chi connectivity index (χ1v) is 14.1. The molecule has 0 unspecified atom stereocenters. The molecule has 6 heterocycles. The molecule has 0 saturated carbocycles. The molecule has 3 aromatic heterocycles. The van der Waals surface area contributed by atoms with Gasteiger partial charge in [-0.1, -0.05) is 30.7 Å². The highest BCUT2D eigenvalue weighted by Gasteiger charge is 2.50. The number of hydrogen-bond acceptors (Lipinski definition) is 11. The number of furan rings is 1. The number of hydrogen-bond donors (Lipinski definition) is 1. The van der Waals surface area contributed by atoms with Crippen molar-refractivity contribution < 1.29 is 28.5 Å². The van der Waals surface area contributed by atoms with E-state index in [-0.39, 0.29) is 24.2 Å². The second kappa shape index (κ2) is 9.97. The highest BCUT2D eigenvalue weighted by atomic mass is 35.5. The van der Waals surface area contributed by atoms with Gasteiger partial charge in [0.2, 0.25) is 0 Å². The summed E-state index contributed by atoms with van der Waals surface area (Å²) >= 11 is 6.28. The molecule has 12 nitrogen and oxygen atoms in total. The summed E-state index contributed by atoms with van der Waals surface area (Å²) in [6.45, 7) is 6.46. The average Bonchev–Trinajstić information content (AvgIpc) is 3.54. The van der Waals surface area contributed by atoms with Crippen molar-refractivity contribution in [2.24, 2.45) is 0 Å². The highest BCUT2D eigenvalue weighted by molar-refractivity contribution is 6.29. The molecule has 3 atom stereocenters. The third-order valence-electron chi connectivity index (χ3n) is 8.33. The van der Waals surface area contributed by atoms with Gasteiger partial charge in [0.15, 0.2) is 16.6 Å². The summed E-state index contributed by atoms with van der Waals surface area (Å²) in [5, 5.41) is 19.7. The summed E-state index contributed by atoms with van der Waals surface area (Å²) in [6, 6.07) is 8.43. The lowest BCUT2D eigenvalue weighted by Gasteiger charge is -2.53. The zero-order valence-electron chi connectivity index (χ0n) is 22.6. The predicted octanol–water partition coefficient (Wildman–Crippen LogP) is 3.49. The Labute approximate surface area is 240 Å². The van der Waals surface area contributed by atoms with E-state index in [2.05, 4.69) is 22.0 Å². The monoisotopic (exact) mass is 580 g/mol. The van der Waals surface area contributed by atoms with Crippen molar-refractivity contribution in [1.82, 2.24) is 20.2 Å². The van der Waals surface area contributed by atoms with Crippen molar-refractivity contribution in [2.45, 2.75) is 50.5 Å². The van der Waals surface area contributed by atoms with E-state index in [1.165, 1.54) is 0 Å². The molecule has 1 N–H and O–H groups in total. The maximum Gasteiger partial charge on any atom is 0.326 e. The maximum absolute atomic E-state index is 12.5. The molecule has 1 spiro atoms. The lowest BCUT2D eigenvalue weighted by Crippen LogP contribution is -2.68. The Kier molecular flexibility index (Phi) is 6.36. The van der Waals surface area contributed by atoms with E-state index in [9.17, 15) is 9.90 Å². The number of halogens is 1. The minimum Gasteiger partial charge on any atom is -0.480 e. The molecule has 1 aromatic carbocycles. The van der Waals surface area contributed by atoms with E-state index < -0.39 is 23.7 Å². The molecule has 0 amide bonds. The number of carbonyl (C=O) groups is 1. The van der Waals surface area contributed by atoms with Gasteiger partial charge in [0.25, 0.3) is 5.88 Å². The number of aromatic nitrogens is 4. The molecule has 4 aromatic rings. The third kappa shape index (κ3) is 4.32. The maximum atomic E-state index is 12.5. The lowest BCUT2D eigenvalue weighted by atomic mass is 9.90. The Morgan fingerprint density at radius 1 is 1.22 bits per heavy atom. The van der Waals surface area contributed by atoms with Crippen LogP contribution in [0.25, 0.3) is 22.1 Å². The first kappa shape index (κ1) is 26.2. The smallest absolute Gasteiger partial charge is 0.326 e. The zero-order chi connectivity index (χ0) is 28.3. The van der Waals surface area contributed by atoms with Crippen LogP contribution in [-0.2, 0) is 20.7 Å². The second-order valence-electron chi connectivity index (χ2n) is 10.7. The minimum atomic E-state index is -0.979. The summed E-state index contributed by atoms with van der Waals surface area (Å²) in [5.74, 6) is 0.361. The number of ether oxygens (including phenoxy) is 3. The van der Waals surface area contributed by atoms with E-state index in [0.717, 1.165) is 5.39 Å². The van der Waals surface area contributed by atoms with Gasteiger partial charge >= 0.3 is 5.97 Å². The van der Waals surface area contributed by atoms with Crippen molar-refractivity contribution in [3.63, 3.8) is 0 Å². The van der Waals surface area contributed by atoms with Gasteiger partial charge in [-0.25, -0.2) is 14.8 Å². The van der Waals surface area contributed by atoms with Crippen LogP contribution >= 0.6 is 11.6 Å². The minimum absolute atomic E-state index is 0.0192. The lowest BCUT2D eigenvalue weighted by molar-refractivity contribution is -0.228. The molecule has 0 radical (unpaired) electrons. The largest absolute Gasteiger partial charge is 0.480 e. The Bertz CT molecular complexity index is 1640. The van der Waals surface area contributed by atoms with Crippen molar-refractivity contribution in [3.05, 3.63) is 41.3 Å². The molecule has 0 aliphatic carbocycles. The molecular formula is C28H29ClN6O6. The quantitative estimate of drug-likeness (QED) is 0.357. The van der Waals surface area contributed by atoms with Crippen LogP contribution in [0.2, 0.25) is 5.15 Å². The van der Waals surface area contributed by atoms with E-state index in [1.807, 2.05) is 31.2 Å². The number of nitrogens with zero attached hydrogens (tertiary/aromatic N) is 6. The van der Waals surface area contributed by atoms with E-state index in [0.29, 0.717) is 72.7 Å². The normalized spacial score (nSPS) is 23.8. The number of benzene rings is 1. The van der Waals surface area contributed by atoms with Gasteiger partial charge in [-0.15, -0.1) is 10.2 Å². The average molecular weight is 581 g/mol. The van der Waals surface area contributed by atoms with Crippen molar-refractivity contribution >= 4 is 51.1 Å². The third-order valence-corrected chi connectivity index (χ3v) is 8.51. The fourth-order valence-corrected chi connectivity index (χ4v) is 6.16. The number of aryl methyl sites for hydroxylation is 1. The van der Waals surface area contributed by atoms with Crippen molar-refractivity contribution in [3.8, 4) is 5.88 Å². The molecular weight excluding hydrogens is 552 g/mol. The zero-order valence-corrected chi connectivity index (χ0v) is 23.4. The first-order chi connectivity index (χ1) is 19.9. The predicted molar refractivity (Wildman–Crippen MR) is 150 cm³/mol. The van der Waals surface area contributed by atoms with Crippen LogP contribution in [-0.4, -0.2) is 87.9 Å². The van der Waals surface area contributed by atoms with Crippen LogP contribution in [0.3, 0.4) is 0 Å². The number of aliphatic carboxylic acids is 1. The number of carboxylic acid groups (broad SMARTS) is 1. The Morgan fingerprint density at radius 3 is 2.80 bits per heavy atom. The van der Waals surface area contributed by atoms with Crippen LogP contribution < -0.4 is 14.5 Å². The molecule has 214 valence electrons. The van der Waals surface area contributed by atoms with E-state index >= 15 is 0 Å². The van der Waals surface area contributed by atoms with Crippen molar-refractivity contribution in [1.29, 1.82) is 0 Å². The summed E-state index contributed by atoms with van der Waals surface area (Å²) in [6.07, 6.45) is 0.284. The first-order valence-electron chi connectivity index (χ1n) is 13.7. The summed E-state index contributed by atoms with van der Waals surface area (Å²) < 4.78 is 24.1. The fourth-order valence-electron chi connectivity index (χ4n) is 6.02. The molecule has 13 heteroatoms. The molecule has 3 fully saturated rings. The number of anilines is 2. The standard InChI is InChI=1S/C28H29ClN6O6/c1-3-22-30-23-17-6-4-5-7-20(17)41-24(23)25(31-22)35-12-16(10-19(35)27(36)37)40-26-18(11-21(29)32-33-26)34-8-9-39-28(15(34)2)13-38-14-28/h4-7,11,15-16,19H,3,8-10,12-14H2,1-2H3,(H,36,37)/t15-,16-,19-/m0/s1. The Hall–Kier alpha value is -3.74. The van der Waals surface area contributed by atoms with Gasteiger partial charge in [0.05, 0.1) is 32.4 Å². The molecule has 0 bridgehead atoms. The summed E-state index contributed by atoms with van der Waals surface area (Å²) in [7, 11) is 0. The van der Waals surface area contributed by atoms with Gasteiger partial charge in [0, 0.05) is 30.8 Å². The number of rotatable bonds is 6. The second-order valence-corrected chi connectivity index (χ2v) is 11.1. The number of carboxylic acids is 1. The van der Waals surface area contributed by atoms with Gasteiger partial charge in [0.1, 0.15) is 40.4 Å². The summed E-state index contributed by atoms with van der Waals surface area (Å²) in [4.78, 5) is 25.8. The van der Waals surface area contributed by atoms with Crippen LogP contribution in [0.5, 0.6) is 5.88 Å². The highest BCUT2D eigenvalue weighted by Crippen LogP contribution is 2.40. The topological polar surface area (TPSA) is 136 Å². The number of para-hydroxylation sites is 1. The number of fused-ring (bicyclic) bond motifs is 3. The van der Waals surface area contributed by atoms with E-state index in [4.69, 9.17) is 40.2 Å². The molecule has 3 aliphatic rings. The van der Waals surface area contributed by atoms with E-state index in [1.54, 1.807) is 11.0 Å². The van der Waals surface area contributed by atoms with Crippen LogP contribution in [0.15, 0.2) is 34.7 Å². The van der Waals surface area contributed by atoms with Gasteiger partial charge in [-0.2, -0.15) is 0 Å². The SMILES string of the molecule is CCc1nc(N2C[C@@H](Oc3nnc(Cl)cc3N3CCOC4(COC4)[C@@H]3C)C[C@H]2C(=O)O)c2oc3ccccc3c2n1. The number of morpholine rings is 1. The molecule has 3 aliphatic heterocycles. The summed E-state index contributed by atoms with van der Waals surface area (Å²) in [5.41, 5.74) is 2.08. The van der Waals surface area contributed by atoms with Gasteiger partial charge in [-0.3, -0.25) is 0 Å². The van der Waals surface area contributed by atoms with Gasteiger partial charge in [-0.05, 0) is 19.1 Å². The molecule has 41 heavy (non-hydrogen) atoms. The van der Waals surface area contributed by atoms with Crippen LogP contribution in [0.1, 0.15) is 26.1 Å². The van der Waals surface area contributed by atoms with Crippen LogP contribution in [0, 0.1) is 0 Å². The Balaban J connectivity index is 1.23.